The number of hydrazone groups is 1. The second kappa shape index (κ2) is 8.14. The van der Waals surface area contributed by atoms with Crippen LogP contribution in [0.3, 0.4) is 0 Å². The molecule has 0 saturated heterocycles. The smallest absolute Gasteiger partial charge is 0.240 e. The summed E-state index contributed by atoms with van der Waals surface area (Å²) in [6.45, 7) is 1.81. The van der Waals surface area contributed by atoms with Gasteiger partial charge < -0.3 is 9.73 Å². The first-order valence-electron chi connectivity index (χ1n) is 6.97. The molecular formula is C16H16ClN3O3. The van der Waals surface area contributed by atoms with E-state index in [1.54, 1.807) is 36.4 Å². The van der Waals surface area contributed by atoms with E-state index < -0.39 is 0 Å². The van der Waals surface area contributed by atoms with Gasteiger partial charge in [-0.05, 0) is 31.2 Å². The van der Waals surface area contributed by atoms with Gasteiger partial charge in [0, 0.05) is 12.8 Å². The summed E-state index contributed by atoms with van der Waals surface area (Å²) in [6, 6.07) is 10.4. The molecule has 1 aromatic heterocycles. The van der Waals surface area contributed by atoms with E-state index in [1.807, 2.05) is 6.92 Å². The lowest BCUT2D eigenvalue weighted by Gasteiger charge is -2.06. The number of halogens is 1. The molecule has 2 rings (SSSR count). The minimum atomic E-state index is -0.362. The van der Waals surface area contributed by atoms with Crippen molar-refractivity contribution < 1.29 is 14.0 Å². The van der Waals surface area contributed by atoms with E-state index in [2.05, 4.69) is 15.8 Å². The van der Waals surface area contributed by atoms with Crippen molar-refractivity contribution in [1.82, 2.24) is 5.43 Å². The van der Waals surface area contributed by atoms with Crippen LogP contribution in [0.5, 0.6) is 0 Å². The number of para-hydroxylation sites is 1. The lowest BCUT2D eigenvalue weighted by atomic mass is 10.2. The molecule has 0 aliphatic carbocycles. The number of aryl methyl sites for hydroxylation is 1. The SMILES string of the molecule is Cc1ccc(/C=N/NC(=O)CCC(=O)Nc2ccccc2Cl)o1. The Morgan fingerprint density at radius 1 is 1.17 bits per heavy atom. The Morgan fingerprint density at radius 3 is 2.61 bits per heavy atom. The van der Waals surface area contributed by atoms with Crippen molar-refractivity contribution in [1.29, 1.82) is 0 Å². The van der Waals surface area contributed by atoms with Gasteiger partial charge in [-0.25, -0.2) is 5.43 Å². The van der Waals surface area contributed by atoms with Crippen LogP contribution < -0.4 is 10.7 Å². The quantitative estimate of drug-likeness (QED) is 0.629. The van der Waals surface area contributed by atoms with Crippen LogP contribution in [0, 0.1) is 6.92 Å². The topological polar surface area (TPSA) is 83.7 Å². The van der Waals surface area contributed by atoms with Gasteiger partial charge in [-0.2, -0.15) is 5.10 Å². The molecule has 1 heterocycles. The molecular weight excluding hydrogens is 318 g/mol. The molecule has 6 nitrogen and oxygen atoms in total. The summed E-state index contributed by atoms with van der Waals surface area (Å²) in [5.41, 5.74) is 2.85. The Bertz CT molecular complexity index is 725. The molecule has 2 amide bonds. The Hall–Kier alpha value is -2.60. The summed E-state index contributed by atoms with van der Waals surface area (Å²) in [5.74, 6) is 0.644. The standard InChI is InChI=1S/C16H16ClN3O3/c1-11-6-7-12(23-11)10-18-20-16(22)9-8-15(21)19-14-5-3-2-4-13(14)17/h2-7,10H,8-9H2,1H3,(H,19,21)(H,20,22)/b18-10+. The van der Waals surface area contributed by atoms with Gasteiger partial charge in [-0.3, -0.25) is 9.59 Å². The van der Waals surface area contributed by atoms with E-state index in [0.717, 1.165) is 5.76 Å². The summed E-state index contributed by atoms with van der Waals surface area (Å²) in [5, 5.41) is 6.85. The fourth-order valence-electron chi connectivity index (χ4n) is 1.75. The summed E-state index contributed by atoms with van der Waals surface area (Å²) in [6.07, 6.45) is 1.45. The zero-order valence-electron chi connectivity index (χ0n) is 12.5. The van der Waals surface area contributed by atoms with Crippen LogP contribution in [0.15, 0.2) is 45.9 Å². The molecule has 0 radical (unpaired) electrons. The molecule has 0 unspecified atom stereocenters. The molecule has 0 fully saturated rings. The zero-order valence-corrected chi connectivity index (χ0v) is 13.3. The maximum Gasteiger partial charge on any atom is 0.240 e. The predicted molar refractivity (Wildman–Crippen MR) is 88.5 cm³/mol. The van der Waals surface area contributed by atoms with Crippen molar-refractivity contribution in [2.24, 2.45) is 5.10 Å². The fraction of sp³-hybridized carbons (Fsp3) is 0.188. The Morgan fingerprint density at radius 2 is 1.91 bits per heavy atom. The number of furan rings is 1. The molecule has 0 aliphatic heterocycles. The van der Waals surface area contributed by atoms with E-state index in [9.17, 15) is 9.59 Å². The fourth-order valence-corrected chi connectivity index (χ4v) is 1.93. The van der Waals surface area contributed by atoms with Gasteiger partial charge >= 0.3 is 0 Å². The zero-order chi connectivity index (χ0) is 16.7. The van der Waals surface area contributed by atoms with Gasteiger partial charge in [0.25, 0.3) is 0 Å². The van der Waals surface area contributed by atoms with Crippen molar-refractivity contribution >= 4 is 35.3 Å². The van der Waals surface area contributed by atoms with E-state index in [-0.39, 0.29) is 24.7 Å². The molecule has 120 valence electrons. The highest BCUT2D eigenvalue weighted by atomic mass is 35.5. The molecule has 0 aliphatic rings. The minimum Gasteiger partial charge on any atom is -0.460 e. The Balaban J connectivity index is 1.72. The molecule has 1 aromatic carbocycles. The molecule has 2 aromatic rings. The first-order valence-corrected chi connectivity index (χ1v) is 7.35. The summed E-state index contributed by atoms with van der Waals surface area (Å²) < 4.78 is 5.26. The number of carbonyl (C=O) groups is 2. The Labute approximate surface area is 138 Å². The van der Waals surface area contributed by atoms with Gasteiger partial charge in [-0.1, -0.05) is 23.7 Å². The number of hydrogen-bond acceptors (Lipinski definition) is 4. The highest BCUT2D eigenvalue weighted by Crippen LogP contribution is 2.20. The third-order valence-electron chi connectivity index (χ3n) is 2.87. The number of nitrogens with one attached hydrogen (secondary N) is 2. The first kappa shape index (κ1) is 16.8. The molecule has 0 bridgehead atoms. The second-order valence-corrected chi connectivity index (χ2v) is 5.18. The molecule has 7 heteroatoms. The van der Waals surface area contributed by atoms with Gasteiger partial charge in [0.2, 0.25) is 11.8 Å². The molecule has 0 atom stereocenters. The van der Waals surface area contributed by atoms with Gasteiger partial charge in [0.1, 0.15) is 11.5 Å². The molecule has 23 heavy (non-hydrogen) atoms. The average molecular weight is 334 g/mol. The second-order valence-electron chi connectivity index (χ2n) is 4.77. The van der Waals surface area contributed by atoms with Crippen LogP contribution in [-0.4, -0.2) is 18.0 Å². The Kier molecular flexibility index (Phi) is 5.94. The van der Waals surface area contributed by atoms with E-state index in [4.69, 9.17) is 16.0 Å². The highest BCUT2D eigenvalue weighted by molar-refractivity contribution is 6.33. The third kappa shape index (κ3) is 5.60. The van der Waals surface area contributed by atoms with Crippen LogP contribution in [-0.2, 0) is 9.59 Å². The van der Waals surface area contributed by atoms with Crippen LogP contribution in [0.4, 0.5) is 5.69 Å². The monoisotopic (exact) mass is 333 g/mol. The van der Waals surface area contributed by atoms with Gasteiger partial charge in [0.05, 0.1) is 16.9 Å². The third-order valence-corrected chi connectivity index (χ3v) is 3.20. The number of rotatable bonds is 6. The molecule has 0 saturated carbocycles. The van der Waals surface area contributed by atoms with Crippen LogP contribution in [0.2, 0.25) is 5.02 Å². The summed E-state index contributed by atoms with van der Waals surface area (Å²) >= 11 is 5.94. The van der Waals surface area contributed by atoms with Gasteiger partial charge in [-0.15, -0.1) is 0 Å². The summed E-state index contributed by atoms with van der Waals surface area (Å²) in [4.78, 5) is 23.4. The van der Waals surface area contributed by atoms with Crippen molar-refractivity contribution in [2.45, 2.75) is 19.8 Å². The number of hydrogen-bond donors (Lipinski definition) is 2. The number of carbonyl (C=O) groups excluding carboxylic acids is 2. The molecule has 2 N–H and O–H groups in total. The molecule has 0 spiro atoms. The van der Waals surface area contributed by atoms with E-state index in [0.29, 0.717) is 16.5 Å². The van der Waals surface area contributed by atoms with Crippen LogP contribution in [0.25, 0.3) is 0 Å². The van der Waals surface area contributed by atoms with Crippen molar-refractivity contribution in [3.63, 3.8) is 0 Å². The van der Waals surface area contributed by atoms with Crippen molar-refractivity contribution in [2.75, 3.05) is 5.32 Å². The predicted octanol–water partition coefficient (Wildman–Crippen LogP) is 3.11. The number of benzene rings is 1. The lowest BCUT2D eigenvalue weighted by molar-refractivity contribution is -0.124. The van der Waals surface area contributed by atoms with E-state index >= 15 is 0 Å². The summed E-state index contributed by atoms with van der Waals surface area (Å²) in [7, 11) is 0. The van der Waals surface area contributed by atoms with Crippen LogP contribution >= 0.6 is 11.6 Å². The maximum atomic E-state index is 11.8. The average Bonchev–Trinajstić information content (AvgIpc) is 2.93. The largest absolute Gasteiger partial charge is 0.460 e. The van der Waals surface area contributed by atoms with Crippen LogP contribution in [0.1, 0.15) is 24.4 Å². The van der Waals surface area contributed by atoms with E-state index in [1.165, 1.54) is 6.21 Å². The maximum absolute atomic E-state index is 11.8. The number of anilines is 1. The lowest BCUT2D eigenvalue weighted by Crippen LogP contribution is -2.20. The van der Waals surface area contributed by atoms with Crippen molar-refractivity contribution in [3.8, 4) is 0 Å². The number of amides is 2. The van der Waals surface area contributed by atoms with Crippen molar-refractivity contribution in [3.05, 3.63) is 52.9 Å². The first-order chi connectivity index (χ1) is 11.0. The normalized spacial score (nSPS) is 10.7. The highest BCUT2D eigenvalue weighted by Gasteiger charge is 2.08. The minimum absolute atomic E-state index is 0.0187. The number of nitrogens with zero attached hydrogens (tertiary/aromatic N) is 1. The van der Waals surface area contributed by atoms with Gasteiger partial charge in [0.15, 0.2) is 0 Å².